The molecule has 1 saturated carbocycles. The standard InChI is InChI=1S/C24H40O4/c1-6-7-15-24(3,4)16-14-20(25)23-18(2)17-21(26)19(23)12-10-8-9-11-13-22(27)28-5/h8,10,14,16,18-20,23,25H,6-7,9,11-13,15,17H2,1-5H3/b10-8-,16-14+/t18-,19+,20+,23+/m1/s1. The first kappa shape index (κ1) is 24.6. The Labute approximate surface area is 171 Å². The first-order valence-corrected chi connectivity index (χ1v) is 10.8. The monoisotopic (exact) mass is 392 g/mol. The molecule has 1 rings (SSSR count). The third-order valence-electron chi connectivity index (χ3n) is 5.91. The molecule has 0 amide bonds. The number of esters is 1. The van der Waals surface area contributed by atoms with Gasteiger partial charge in [0.05, 0.1) is 13.2 Å². The number of ether oxygens (including phenoxy) is 1. The molecule has 0 bridgehead atoms. The Hall–Kier alpha value is -1.42. The number of allylic oxidation sites excluding steroid dienone is 3. The minimum absolute atomic E-state index is 0.0227. The molecule has 1 aliphatic rings. The van der Waals surface area contributed by atoms with E-state index in [4.69, 9.17) is 0 Å². The number of carbonyl (C=O) groups excluding carboxylic acids is 2. The van der Waals surface area contributed by atoms with E-state index in [1.807, 2.05) is 18.2 Å². The predicted molar refractivity (Wildman–Crippen MR) is 114 cm³/mol. The molecule has 0 aromatic rings. The first-order valence-electron chi connectivity index (χ1n) is 10.8. The van der Waals surface area contributed by atoms with Crippen molar-refractivity contribution < 1.29 is 19.4 Å². The molecule has 0 radical (unpaired) electrons. The van der Waals surface area contributed by atoms with Crippen LogP contribution in [0.5, 0.6) is 0 Å². The molecule has 1 N–H and O–H groups in total. The Balaban J connectivity index is 2.62. The zero-order chi connectivity index (χ0) is 21.2. The second-order valence-electron chi connectivity index (χ2n) is 8.95. The highest BCUT2D eigenvalue weighted by Crippen LogP contribution is 2.39. The van der Waals surface area contributed by atoms with Gasteiger partial charge in [0.25, 0.3) is 0 Å². The third kappa shape index (κ3) is 8.30. The molecule has 0 saturated heterocycles. The maximum atomic E-state index is 12.5. The van der Waals surface area contributed by atoms with Gasteiger partial charge in [0.15, 0.2) is 0 Å². The van der Waals surface area contributed by atoms with Gasteiger partial charge < -0.3 is 9.84 Å². The Morgan fingerprint density at radius 3 is 2.68 bits per heavy atom. The second kappa shape index (κ2) is 12.2. The van der Waals surface area contributed by atoms with Gasteiger partial charge in [-0.2, -0.15) is 0 Å². The van der Waals surface area contributed by atoms with Gasteiger partial charge in [-0.05, 0) is 37.0 Å². The van der Waals surface area contributed by atoms with Crippen LogP contribution in [-0.2, 0) is 14.3 Å². The molecule has 0 aromatic heterocycles. The first-order chi connectivity index (χ1) is 13.2. The molecule has 0 unspecified atom stereocenters. The fraction of sp³-hybridized carbons (Fsp3) is 0.750. The number of carbonyl (C=O) groups is 2. The van der Waals surface area contributed by atoms with E-state index >= 15 is 0 Å². The minimum Gasteiger partial charge on any atom is -0.469 e. The van der Waals surface area contributed by atoms with Crippen molar-refractivity contribution in [1.82, 2.24) is 0 Å². The Bertz CT molecular complexity index is 547. The van der Waals surface area contributed by atoms with Gasteiger partial charge in [-0.1, -0.05) is 64.8 Å². The summed E-state index contributed by atoms with van der Waals surface area (Å²) in [5, 5.41) is 10.8. The van der Waals surface area contributed by atoms with E-state index in [-0.39, 0.29) is 34.9 Å². The van der Waals surface area contributed by atoms with E-state index in [0.29, 0.717) is 19.3 Å². The highest BCUT2D eigenvalue weighted by atomic mass is 16.5. The number of aliphatic hydroxyl groups excluding tert-OH is 1. The van der Waals surface area contributed by atoms with Crippen LogP contribution in [-0.4, -0.2) is 30.1 Å². The van der Waals surface area contributed by atoms with Crippen LogP contribution in [0.25, 0.3) is 0 Å². The van der Waals surface area contributed by atoms with Crippen molar-refractivity contribution in [3.8, 4) is 0 Å². The maximum absolute atomic E-state index is 12.5. The molecular formula is C24H40O4. The maximum Gasteiger partial charge on any atom is 0.305 e. The summed E-state index contributed by atoms with van der Waals surface area (Å²) in [6, 6.07) is 0. The normalized spacial score (nSPS) is 24.4. The molecule has 160 valence electrons. The molecule has 4 heteroatoms. The van der Waals surface area contributed by atoms with Gasteiger partial charge >= 0.3 is 5.97 Å². The van der Waals surface area contributed by atoms with Crippen molar-refractivity contribution in [2.75, 3.05) is 7.11 Å². The number of aliphatic hydroxyl groups is 1. The van der Waals surface area contributed by atoms with Gasteiger partial charge in [-0.15, -0.1) is 0 Å². The number of hydrogen-bond donors (Lipinski definition) is 1. The molecule has 4 atom stereocenters. The summed E-state index contributed by atoms with van der Waals surface area (Å²) >= 11 is 0. The van der Waals surface area contributed by atoms with E-state index < -0.39 is 6.10 Å². The van der Waals surface area contributed by atoms with E-state index in [1.54, 1.807) is 0 Å². The predicted octanol–water partition coefficient (Wildman–Crippen LogP) is 5.25. The summed E-state index contributed by atoms with van der Waals surface area (Å²) < 4.78 is 4.63. The number of ketones is 1. The minimum atomic E-state index is -0.583. The Morgan fingerprint density at radius 1 is 1.32 bits per heavy atom. The van der Waals surface area contributed by atoms with Crippen molar-refractivity contribution in [2.45, 2.75) is 85.2 Å². The second-order valence-corrected chi connectivity index (χ2v) is 8.95. The summed E-state index contributed by atoms with van der Waals surface area (Å²) in [4.78, 5) is 23.6. The van der Waals surface area contributed by atoms with Crippen LogP contribution < -0.4 is 0 Å². The highest BCUT2D eigenvalue weighted by molar-refractivity contribution is 5.84. The summed E-state index contributed by atoms with van der Waals surface area (Å²) in [5.41, 5.74) is 0.0673. The van der Waals surface area contributed by atoms with E-state index in [9.17, 15) is 14.7 Å². The molecule has 4 nitrogen and oxygen atoms in total. The zero-order valence-corrected chi connectivity index (χ0v) is 18.4. The molecule has 0 heterocycles. The van der Waals surface area contributed by atoms with Crippen LogP contribution in [0.15, 0.2) is 24.3 Å². The van der Waals surface area contributed by atoms with Crippen molar-refractivity contribution in [1.29, 1.82) is 0 Å². The molecule has 0 aromatic carbocycles. The Morgan fingerprint density at radius 2 is 2.04 bits per heavy atom. The average molecular weight is 393 g/mol. The number of hydrogen-bond acceptors (Lipinski definition) is 4. The quantitative estimate of drug-likeness (QED) is 0.280. The lowest BCUT2D eigenvalue weighted by Crippen LogP contribution is -2.28. The average Bonchev–Trinajstić information content (AvgIpc) is 2.94. The summed E-state index contributed by atoms with van der Waals surface area (Å²) in [5.74, 6) is 0.124. The number of rotatable bonds is 12. The third-order valence-corrected chi connectivity index (χ3v) is 5.91. The number of unbranched alkanes of at least 4 members (excludes halogenated alkanes) is 2. The van der Waals surface area contributed by atoms with Crippen LogP contribution >= 0.6 is 0 Å². The van der Waals surface area contributed by atoms with Crippen LogP contribution in [0, 0.1) is 23.2 Å². The molecule has 0 spiro atoms. The van der Waals surface area contributed by atoms with E-state index in [2.05, 4.69) is 38.5 Å². The topological polar surface area (TPSA) is 63.6 Å². The lowest BCUT2D eigenvalue weighted by molar-refractivity contribution is -0.140. The molecular weight excluding hydrogens is 352 g/mol. The van der Waals surface area contributed by atoms with Gasteiger partial charge in [-0.3, -0.25) is 9.59 Å². The van der Waals surface area contributed by atoms with Crippen molar-refractivity contribution in [3.05, 3.63) is 24.3 Å². The van der Waals surface area contributed by atoms with Crippen LogP contribution in [0.1, 0.15) is 79.1 Å². The molecule has 28 heavy (non-hydrogen) atoms. The number of Topliss-reactive ketones (excluding diaryl/α,β-unsaturated/α-hetero) is 1. The molecule has 0 aliphatic heterocycles. The van der Waals surface area contributed by atoms with Crippen LogP contribution in [0.3, 0.4) is 0 Å². The van der Waals surface area contributed by atoms with Crippen molar-refractivity contribution in [3.63, 3.8) is 0 Å². The van der Waals surface area contributed by atoms with Gasteiger partial charge in [-0.25, -0.2) is 0 Å². The lowest BCUT2D eigenvalue weighted by atomic mass is 9.81. The van der Waals surface area contributed by atoms with Crippen LogP contribution in [0.2, 0.25) is 0 Å². The smallest absolute Gasteiger partial charge is 0.305 e. The van der Waals surface area contributed by atoms with Crippen molar-refractivity contribution in [2.24, 2.45) is 23.2 Å². The molecule has 1 aliphatic carbocycles. The summed E-state index contributed by atoms with van der Waals surface area (Å²) in [6.07, 6.45) is 14.2. The highest BCUT2D eigenvalue weighted by Gasteiger charge is 2.42. The summed E-state index contributed by atoms with van der Waals surface area (Å²) in [7, 11) is 1.40. The molecule has 1 fully saturated rings. The number of methoxy groups -OCH3 is 1. The van der Waals surface area contributed by atoms with E-state index in [0.717, 1.165) is 19.3 Å². The Kier molecular flexibility index (Phi) is 10.7. The van der Waals surface area contributed by atoms with Gasteiger partial charge in [0, 0.05) is 24.7 Å². The van der Waals surface area contributed by atoms with E-state index in [1.165, 1.54) is 20.0 Å². The zero-order valence-electron chi connectivity index (χ0n) is 18.4. The fourth-order valence-electron chi connectivity index (χ4n) is 4.11. The van der Waals surface area contributed by atoms with Gasteiger partial charge in [0.2, 0.25) is 0 Å². The largest absolute Gasteiger partial charge is 0.469 e. The van der Waals surface area contributed by atoms with Gasteiger partial charge in [0.1, 0.15) is 5.78 Å². The lowest BCUT2D eigenvalue weighted by Gasteiger charge is -2.26. The van der Waals surface area contributed by atoms with Crippen LogP contribution in [0.4, 0.5) is 0 Å². The summed E-state index contributed by atoms with van der Waals surface area (Å²) in [6.45, 7) is 8.66. The SMILES string of the molecule is CCCCC(C)(C)/C=C/[C@H](O)[C@H]1[C@H](C)CC(=O)[C@@H]1C/C=C\CCCC(=O)OC. The fourth-order valence-corrected chi connectivity index (χ4v) is 4.11. The van der Waals surface area contributed by atoms with Crippen molar-refractivity contribution >= 4 is 11.8 Å².